The first-order valence-electron chi connectivity index (χ1n) is 17.1. The number of halogens is 6. The van der Waals surface area contributed by atoms with E-state index in [0.717, 1.165) is 47.7 Å². The van der Waals surface area contributed by atoms with Gasteiger partial charge in [-0.15, -0.1) is 34.3 Å². The largest absolute Gasteiger partial charge is 0.340 e. The number of hydrogen-bond acceptors (Lipinski definition) is 10. The van der Waals surface area contributed by atoms with Gasteiger partial charge < -0.3 is 20.4 Å². The van der Waals surface area contributed by atoms with E-state index >= 15 is 0 Å². The fraction of sp³-hybridized carbons (Fsp3) is 0.211. The number of anilines is 4. The fourth-order valence-electron chi connectivity index (χ4n) is 6.34. The first kappa shape index (κ1) is 40.0. The molecule has 2 aliphatic rings. The number of carbonyl (C=O) groups excluding carboxylic acids is 2. The Labute approximate surface area is 351 Å². The molecule has 0 unspecified atom stereocenters. The number of benzene rings is 2. The van der Waals surface area contributed by atoms with Crippen molar-refractivity contribution in [1.82, 2.24) is 29.7 Å². The molecule has 2 aromatic carbocycles. The van der Waals surface area contributed by atoms with Crippen LogP contribution in [0, 0.1) is 11.6 Å². The van der Waals surface area contributed by atoms with Gasteiger partial charge in [-0.05, 0) is 66.4 Å². The fourth-order valence-corrected chi connectivity index (χ4v) is 9.39. The molecule has 0 saturated carbocycles. The van der Waals surface area contributed by atoms with Crippen LogP contribution in [0.15, 0.2) is 73.4 Å². The lowest BCUT2D eigenvalue weighted by atomic mass is 10.0. The number of alkyl halides is 2. The number of carbonyl (C=O) groups is 2. The van der Waals surface area contributed by atoms with E-state index in [9.17, 15) is 18.4 Å². The van der Waals surface area contributed by atoms with Crippen molar-refractivity contribution in [2.24, 2.45) is 0 Å². The standard InChI is InChI=1S/C19H15BrClFN4OS.C19H15Cl2FN4OS/c2*20-6-1-2-16(27)26-7-5-12-15(9-26)28-19-17(12)18(23-10-24-19)25-11-3-4-14(22)13(21)8-11/h2*1-4,8,10H,5-7,9H2,(H,23,24,25)/b2*2-1+. The maximum Gasteiger partial charge on any atom is 0.246 e. The smallest absolute Gasteiger partial charge is 0.246 e. The molecule has 2 amide bonds. The zero-order valence-electron chi connectivity index (χ0n) is 29.2. The molecule has 2 aliphatic heterocycles. The van der Waals surface area contributed by atoms with Crippen LogP contribution < -0.4 is 10.6 Å². The average Bonchev–Trinajstić information content (AvgIpc) is 3.77. The van der Waals surface area contributed by atoms with Gasteiger partial charge in [-0.1, -0.05) is 51.3 Å². The second-order valence-electron chi connectivity index (χ2n) is 12.5. The quantitative estimate of drug-likeness (QED) is 0.115. The molecule has 6 aromatic rings. The Morgan fingerprint density at radius 1 is 0.750 bits per heavy atom. The number of allylic oxidation sites excluding steroid dienone is 2. The SMILES string of the molecule is O=C(/C=C/CBr)N1CCc2c(sc3ncnc(Nc4ccc(F)c(Cl)c4)c23)C1.O=C(/C=C/CCl)N1CCc2c(sc3ncnc(Nc4ccc(F)c(Cl)c4)c23)C1. The van der Waals surface area contributed by atoms with Gasteiger partial charge in [0.25, 0.3) is 0 Å². The summed E-state index contributed by atoms with van der Waals surface area (Å²) in [5.74, 6) is 0.636. The number of amides is 2. The van der Waals surface area contributed by atoms with Gasteiger partial charge in [0.2, 0.25) is 11.8 Å². The molecule has 0 fully saturated rings. The molecular weight excluding hydrogens is 889 g/mol. The van der Waals surface area contributed by atoms with E-state index in [1.165, 1.54) is 43.0 Å². The van der Waals surface area contributed by atoms with E-state index in [-0.39, 0.29) is 21.9 Å². The number of nitrogens with one attached hydrogen (secondary N) is 2. The van der Waals surface area contributed by atoms with Crippen molar-refractivity contribution < 1.29 is 18.4 Å². The van der Waals surface area contributed by atoms with Gasteiger partial charge in [-0.3, -0.25) is 9.59 Å². The van der Waals surface area contributed by atoms with E-state index in [4.69, 9.17) is 34.8 Å². The molecule has 56 heavy (non-hydrogen) atoms. The minimum absolute atomic E-state index is 0.00735. The summed E-state index contributed by atoms with van der Waals surface area (Å²) in [5.41, 5.74) is 3.59. The predicted molar refractivity (Wildman–Crippen MR) is 225 cm³/mol. The zero-order valence-corrected chi connectivity index (χ0v) is 34.7. The maximum atomic E-state index is 13.4. The van der Waals surface area contributed by atoms with E-state index in [2.05, 4.69) is 46.5 Å². The third kappa shape index (κ3) is 8.82. The third-order valence-electron chi connectivity index (χ3n) is 8.96. The van der Waals surface area contributed by atoms with Gasteiger partial charge in [0, 0.05) is 51.5 Å². The second kappa shape index (κ2) is 17.9. The van der Waals surface area contributed by atoms with E-state index in [1.54, 1.807) is 57.9 Å². The van der Waals surface area contributed by atoms with Gasteiger partial charge in [0.1, 0.15) is 45.6 Å². The number of hydrogen-bond donors (Lipinski definition) is 2. The highest BCUT2D eigenvalue weighted by molar-refractivity contribution is 9.09. The summed E-state index contributed by atoms with van der Waals surface area (Å²) < 4.78 is 26.8. The molecule has 0 spiro atoms. The first-order valence-corrected chi connectivity index (χ1v) is 21.2. The molecule has 6 heterocycles. The molecule has 18 heteroatoms. The normalized spacial score (nSPS) is 13.9. The van der Waals surface area contributed by atoms with Crippen LogP contribution in [0.2, 0.25) is 10.0 Å². The summed E-state index contributed by atoms with van der Waals surface area (Å²) in [6.45, 7) is 2.34. The zero-order chi connectivity index (χ0) is 39.3. The summed E-state index contributed by atoms with van der Waals surface area (Å²) in [5, 5.41) is 9.06. The van der Waals surface area contributed by atoms with Crippen LogP contribution in [0.3, 0.4) is 0 Å². The molecule has 0 atom stereocenters. The van der Waals surface area contributed by atoms with Crippen LogP contribution in [-0.2, 0) is 35.5 Å². The monoisotopic (exact) mass is 916 g/mol. The van der Waals surface area contributed by atoms with Gasteiger partial charge in [-0.25, -0.2) is 28.7 Å². The summed E-state index contributed by atoms with van der Waals surface area (Å²) in [6.07, 6.45) is 11.0. The summed E-state index contributed by atoms with van der Waals surface area (Å²) >= 11 is 23.8. The van der Waals surface area contributed by atoms with Crippen LogP contribution in [0.4, 0.5) is 31.8 Å². The number of nitrogens with zero attached hydrogens (tertiary/aromatic N) is 6. The molecule has 2 N–H and O–H groups in total. The van der Waals surface area contributed by atoms with E-state index < -0.39 is 11.6 Å². The minimum Gasteiger partial charge on any atom is -0.340 e. The van der Waals surface area contributed by atoms with Gasteiger partial charge in [0.15, 0.2) is 0 Å². The lowest BCUT2D eigenvalue weighted by molar-refractivity contribution is -0.127. The third-order valence-corrected chi connectivity index (χ3v) is 12.3. The van der Waals surface area contributed by atoms with Crippen molar-refractivity contribution in [3.8, 4) is 0 Å². The number of aromatic nitrogens is 4. The Bertz CT molecular complexity index is 2350. The van der Waals surface area contributed by atoms with Crippen molar-refractivity contribution in [3.05, 3.63) is 116 Å². The predicted octanol–water partition coefficient (Wildman–Crippen LogP) is 9.97. The van der Waals surface area contributed by atoms with Gasteiger partial charge in [0.05, 0.1) is 33.9 Å². The number of fused-ring (bicyclic) bond motifs is 6. The Morgan fingerprint density at radius 2 is 1.21 bits per heavy atom. The number of thiophene rings is 2. The van der Waals surface area contributed by atoms with Crippen LogP contribution >= 0.6 is 73.4 Å². The Kier molecular flexibility index (Phi) is 12.8. The maximum absolute atomic E-state index is 13.4. The Hall–Kier alpha value is -4.25. The Morgan fingerprint density at radius 3 is 1.64 bits per heavy atom. The summed E-state index contributed by atoms with van der Waals surface area (Å²) in [4.78, 5) is 49.6. The van der Waals surface area contributed by atoms with Crippen molar-refractivity contribution in [2.75, 3.05) is 34.9 Å². The average molecular weight is 919 g/mol. The van der Waals surface area contributed by atoms with Crippen molar-refractivity contribution in [1.29, 1.82) is 0 Å². The highest BCUT2D eigenvalue weighted by Crippen LogP contribution is 2.40. The highest BCUT2D eigenvalue weighted by atomic mass is 79.9. The van der Waals surface area contributed by atoms with Gasteiger partial charge >= 0.3 is 0 Å². The molecule has 288 valence electrons. The number of rotatable bonds is 8. The topological polar surface area (TPSA) is 116 Å². The lowest BCUT2D eigenvalue weighted by Crippen LogP contribution is -2.34. The molecule has 0 aliphatic carbocycles. The highest BCUT2D eigenvalue weighted by Gasteiger charge is 2.27. The van der Waals surface area contributed by atoms with Crippen LogP contribution in [0.25, 0.3) is 20.4 Å². The van der Waals surface area contributed by atoms with Crippen molar-refractivity contribution in [3.63, 3.8) is 0 Å². The minimum atomic E-state index is -0.471. The van der Waals surface area contributed by atoms with E-state index in [1.807, 2.05) is 4.90 Å². The molecule has 0 saturated heterocycles. The summed E-state index contributed by atoms with van der Waals surface area (Å²) in [7, 11) is 0. The Balaban J connectivity index is 0.000000172. The van der Waals surface area contributed by atoms with E-state index in [0.29, 0.717) is 66.8 Å². The van der Waals surface area contributed by atoms with Crippen LogP contribution in [-0.4, -0.2) is 65.8 Å². The van der Waals surface area contributed by atoms with Gasteiger partial charge in [-0.2, -0.15) is 0 Å². The molecule has 4 aromatic heterocycles. The molecular formula is C38H30BrCl3F2N8O2S2. The van der Waals surface area contributed by atoms with Crippen LogP contribution in [0.1, 0.15) is 20.9 Å². The second-order valence-corrected chi connectivity index (χ2v) is 16.4. The van der Waals surface area contributed by atoms with Crippen LogP contribution in [0.5, 0.6) is 0 Å². The van der Waals surface area contributed by atoms with Crippen molar-refractivity contribution >= 4 is 129 Å². The van der Waals surface area contributed by atoms with Crippen molar-refractivity contribution in [2.45, 2.75) is 25.9 Å². The molecule has 8 rings (SSSR count). The molecule has 0 bridgehead atoms. The molecule has 0 radical (unpaired) electrons. The molecule has 10 nitrogen and oxygen atoms in total. The lowest BCUT2D eigenvalue weighted by Gasteiger charge is -2.26. The summed E-state index contributed by atoms with van der Waals surface area (Å²) in [6, 6.07) is 8.90. The first-order chi connectivity index (χ1) is 27.1.